The van der Waals surface area contributed by atoms with Crippen molar-refractivity contribution in [3.8, 4) is 17.3 Å². The predicted molar refractivity (Wildman–Crippen MR) is 225 cm³/mol. The molecule has 8 aromatic rings. The van der Waals surface area contributed by atoms with Gasteiger partial charge in [0.2, 0.25) is 0 Å². The monoisotopic (exact) mass is 921 g/mol. The summed E-state index contributed by atoms with van der Waals surface area (Å²) in [6.45, 7) is 0.0670. The summed E-state index contributed by atoms with van der Waals surface area (Å²) < 4.78 is 32.8. The Hall–Kier alpha value is -5.64. The normalized spacial score (nSPS) is 18.9. The number of nitrogens with zero attached hydrogens (tertiary/aromatic N) is 4. The summed E-state index contributed by atoms with van der Waals surface area (Å²) in [5, 5.41) is 1.99. The molecule has 5 nitrogen and oxygen atoms in total. The fourth-order valence-corrected chi connectivity index (χ4v) is 10.2. The Morgan fingerprint density at radius 1 is 0.702 bits per heavy atom. The average molecular weight is 922 g/mol. The van der Waals surface area contributed by atoms with Crippen LogP contribution in [0.25, 0.3) is 27.6 Å². The molecule has 0 saturated heterocycles. The Bertz CT molecular complexity index is 2940. The minimum Gasteiger partial charge on any atom is -0.509 e. The molecule has 282 valence electrons. The van der Waals surface area contributed by atoms with Gasteiger partial charge < -0.3 is 19.1 Å². The van der Waals surface area contributed by atoms with Crippen molar-refractivity contribution in [3.63, 3.8) is 0 Å². The third-order valence-electron chi connectivity index (χ3n) is 12.6. The second-order valence-corrected chi connectivity index (χ2v) is 15.6. The quantitative estimate of drug-likeness (QED) is 0.161. The number of fused-ring (bicyclic) bond motifs is 4. The van der Waals surface area contributed by atoms with Crippen LogP contribution in [-0.4, -0.2) is 15.6 Å². The number of ether oxygens (including phenoxy) is 1. The number of benzene rings is 6. The van der Waals surface area contributed by atoms with Crippen molar-refractivity contribution in [1.82, 2.24) is 9.55 Å². The van der Waals surface area contributed by atoms with Gasteiger partial charge in [-0.2, -0.15) is 18.8 Å². The second-order valence-electron chi connectivity index (χ2n) is 15.6. The first-order valence-electron chi connectivity index (χ1n) is 21.3. The topological polar surface area (TPSA) is 33.5 Å². The number of hydrogen-bond acceptors (Lipinski definition) is 4. The Morgan fingerprint density at radius 3 is 2.23 bits per heavy atom. The molecule has 5 aliphatic rings. The van der Waals surface area contributed by atoms with E-state index in [0.717, 1.165) is 27.5 Å². The second kappa shape index (κ2) is 13.5. The van der Waals surface area contributed by atoms with E-state index in [0.29, 0.717) is 23.4 Å². The fraction of sp³-hybridized carbons (Fsp3) is 0.176. The molecule has 0 atom stereocenters. The molecule has 2 aromatic heterocycles. The van der Waals surface area contributed by atoms with Crippen LogP contribution in [0.3, 0.4) is 0 Å². The molecule has 0 unspecified atom stereocenters. The molecule has 6 aromatic carbocycles. The zero-order valence-electron chi connectivity index (χ0n) is 34.1. The van der Waals surface area contributed by atoms with Gasteiger partial charge in [-0.25, -0.2) is 4.98 Å². The zero-order valence-corrected chi connectivity index (χ0v) is 33.3. The molecule has 0 amide bonds. The maximum absolute atomic E-state index is 8.05. The largest absolute Gasteiger partial charge is 0.509 e. The van der Waals surface area contributed by atoms with Gasteiger partial charge in [0.15, 0.2) is 0 Å². The number of para-hydroxylation sites is 1. The standard InChI is InChI=1S/C51H39N4O.Pt/c1-32-26-27-52-47(28-32)55-44-21-10-9-16-37(44)38-23-22-36(30-46(38)55)56-35-15-11-14-34(29-35)54-31-53(33-12-3-2-4-13-33)45-25-24-43-48-39-17-5-7-19-41(39)49(50(43)51(45)54)42-20-8-6-18-40(42)48;/h5-11,14-28,31,33,48-49H,2-4,12-13H2,1H3;/q-3;/i1D3;. The molecular formula is C51H39N4OPt-3. The first kappa shape index (κ1) is 31.4. The maximum Gasteiger partial charge on any atom is 0.135 e. The van der Waals surface area contributed by atoms with E-state index in [9.17, 15) is 0 Å². The summed E-state index contributed by atoms with van der Waals surface area (Å²) in [7, 11) is 0. The van der Waals surface area contributed by atoms with E-state index < -0.39 is 6.85 Å². The van der Waals surface area contributed by atoms with E-state index >= 15 is 0 Å². The molecule has 4 aliphatic carbocycles. The number of rotatable bonds is 5. The number of aromatic nitrogens is 2. The van der Waals surface area contributed by atoms with Gasteiger partial charge in [-0.3, -0.25) is 0 Å². The predicted octanol–water partition coefficient (Wildman–Crippen LogP) is 12.3. The number of hydrogen-bond donors (Lipinski definition) is 0. The van der Waals surface area contributed by atoms with Crippen molar-refractivity contribution in [3.05, 3.63) is 191 Å². The van der Waals surface area contributed by atoms with Gasteiger partial charge in [-0.1, -0.05) is 97.6 Å². The minimum atomic E-state index is -2.26. The number of pyridine rings is 1. The molecule has 1 aliphatic heterocycles. The molecule has 0 N–H and O–H groups in total. The summed E-state index contributed by atoms with van der Waals surface area (Å²) >= 11 is 0. The number of anilines is 3. The summed E-state index contributed by atoms with van der Waals surface area (Å²) in [6.07, 6.45) is 7.70. The maximum atomic E-state index is 8.05. The summed E-state index contributed by atoms with van der Waals surface area (Å²) in [6, 6.07) is 51.9. The average Bonchev–Trinajstić information content (AvgIpc) is 3.83. The van der Waals surface area contributed by atoms with Crippen molar-refractivity contribution < 1.29 is 29.9 Å². The Balaban J connectivity index is 0.00000408. The van der Waals surface area contributed by atoms with Crippen LogP contribution in [0.1, 0.15) is 87.0 Å². The van der Waals surface area contributed by atoms with E-state index in [2.05, 4.69) is 106 Å². The Morgan fingerprint density at radius 2 is 1.44 bits per heavy atom. The third-order valence-corrected chi connectivity index (χ3v) is 12.6. The van der Waals surface area contributed by atoms with Gasteiger partial charge in [0, 0.05) is 77.6 Å². The van der Waals surface area contributed by atoms with Gasteiger partial charge in [0.25, 0.3) is 0 Å². The zero-order chi connectivity index (χ0) is 39.4. The molecule has 2 bridgehead atoms. The van der Waals surface area contributed by atoms with Gasteiger partial charge in [0.1, 0.15) is 5.82 Å². The van der Waals surface area contributed by atoms with E-state index in [-0.39, 0.29) is 38.5 Å². The first-order valence-corrected chi connectivity index (χ1v) is 19.8. The molecule has 13 rings (SSSR count). The molecule has 6 heteroatoms. The van der Waals surface area contributed by atoms with E-state index in [4.69, 9.17) is 8.85 Å². The molecule has 0 radical (unpaired) electrons. The SMILES string of the molecule is [2H]C([2H])([2H])c1ccnc(-n2c3[c-]c(Oc4[c-]c(N5[CH-]N(C6CCCCC6)c6ccc7c(c65)C5c6ccccc6C7c6ccccc65)ccc4)ccc3c3ccccc32)c1.[Pt]. The van der Waals surface area contributed by atoms with Crippen molar-refractivity contribution in [2.45, 2.75) is 56.8 Å². The van der Waals surface area contributed by atoms with Crippen LogP contribution in [0.2, 0.25) is 0 Å². The van der Waals surface area contributed by atoms with E-state index in [1.807, 2.05) is 47.0 Å². The summed E-state index contributed by atoms with van der Waals surface area (Å²) in [5.41, 5.74) is 13.7. The van der Waals surface area contributed by atoms with Crippen LogP contribution in [-0.2, 0) is 21.1 Å². The smallest absolute Gasteiger partial charge is 0.135 e. The summed E-state index contributed by atoms with van der Waals surface area (Å²) in [5.74, 6) is 1.93. The van der Waals surface area contributed by atoms with E-state index in [1.54, 1.807) is 18.3 Å². The molecule has 1 fully saturated rings. The number of aryl methyl sites for hydroxylation is 1. The van der Waals surface area contributed by atoms with Gasteiger partial charge in [-0.05, 0) is 88.3 Å². The van der Waals surface area contributed by atoms with Crippen molar-refractivity contribution in [1.29, 1.82) is 0 Å². The van der Waals surface area contributed by atoms with Crippen molar-refractivity contribution in [2.24, 2.45) is 0 Å². The molecule has 57 heavy (non-hydrogen) atoms. The van der Waals surface area contributed by atoms with Gasteiger partial charge in [0.05, 0.1) is 0 Å². The van der Waals surface area contributed by atoms with Gasteiger partial charge >= 0.3 is 0 Å². The van der Waals surface area contributed by atoms with Crippen LogP contribution in [0.4, 0.5) is 17.1 Å². The Labute approximate surface area is 352 Å². The Kier molecular flexibility index (Phi) is 7.44. The van der Waals surface area contributed by atoms with Crippen LogP contribution < -0.4 is 14.5 Å². The summed E-state index contributed by atoms with van der Waals surface area (Å²) in [4.78, 5) is 9.54. The van der Waals surface area contributed by atoms with Crippen LogP contribution >= 0.6 is 0 Å². The van der Waals surface area contributed by atoms with Crippen LogP contribution in [0.15, 0.2) is 134 Å². The molecular weight excluding hydrogens is 880 g/mol. The molecule has 1 saturated carbocycles. The third kappa shape index (κ3) is 5.28. The molecule has 3 heterocycles. The van der Waals surface area contributed by atoms with Crippen LogP contribution in [0.5, 0.6) is 11.5 Å². The van der Waals surface area contributed by atoms with Crippen molar-refractivity contribution in [2.75, 3.05) is 9.80 Å². The fourth-order valence-electron chi connectivity index (χ4n) is 10.2. The van der Waals surface area contributed by atoms with Crippen LogP contribution in [0, 0.1) is 25.7 Å². The van der Waals surface area contributed by atoms with Gasteiger partial charge in [-0.15, -0.1) is 41.4 Å². The molecule has 0 spiro atoms. The first-order chi connectivity index (χ1) is 28.9. The minimum absolute atomic E-state index is 0. The van der Waals surface area contributed by atoms with E-state index in [1.165, 1.54) is 76.9 Å². The van der Waals surface area contributed by atoms with Crippen molar-refractivity contribution >= 4 is 38.9 Å².